The number of fused-ring (bicyclic) bond motifs is 1. The van der Waals surface area contributed by atoms with Gasteiger partial charge < -0.3 is 14.8 Å². The maximum Gasteiger partial charge on any atom is 0.332 e. The van der Waals surface area contributed by atoms with Crippen LogP contribution in [0.25, 0.3) is 22.4 Å². The fraction of sp³-hybridized carbons (Fsp3) is 0.375. The lowest BCUT2D eigenvalue weighted by atomic mass is 10.2. The average molecular weight is 490 g/mol. The van der Waals surface area contributed by atoms with Crippen LogP contribution < -0.4 is 21.5 Å². The van der Waals surface area contributed by atoms with Crippen molar-refractivity contribution in [3.8, 4) is 11.3 Å². The molecule has 1 aliphatic heterocycles. The first-order valence-corrected chi connectivity index (χ1v) is 11.8. The molecule has 186 valence electrons. The standard InChI is InChI=1S/C24H27N9O3/c1-14-7-6-10-32(14)23-25-11-16(12-26-23)17-8-5-9-18(28-17)29-21(34)15(2)33-13-27-20-19(33)22(35)31(4)24(36)30(20)3/h5,8-9,11-15H,6-7,10H2,1-4H3,(H,28,29,34). The molecule has 0 spiro atoms. The van der Waals surface area contributed by atoms with Gasteiger partial charge in [-0.15, -0.1) is 0 Å². The summed E-state index contributed by atoms with van der Waals surface area (Å²) in [6, 6.07) is 4.94. The van der Waals surface area contributed by atoms with Gasteiger partial charge in [0.25, 0.3) is 5.56 Å². The van der Waals surface area contributed by atoms with E-state index in [0.717, 1.165) is 29.5 Å². The van der Waals surface area contributed by atoms with Crippen LogP contribution in [0.3, 0.4) is 0 Å². The summed E-state index contributed by atoms with van der Waals surface area (Å²) in [5, 5.41) is 2.80. The monoisotopic (exact) mass is 489 g/mol. The molecule has 1 saturated heterocycles. The van der Waals surface area contributed by atoms with Gasteiger partial charge in [-0.3, -0.25) is 18.7 Å². The SMILES string of the molecule is CC1CCCN1c1ncc(-c2cccc(NC(=O)C(C)n3cnc4c3c(=O)n(C)c(=O)n4C)n2)cn1. The molecule has 0 saturated carbocycles. The molecule has 1 N–H and O–H groups in total. The summed E-state index contributed by atoms with van der Waals surface area (Å²) < 4.78 is 3.73. The minimum absolute atomic E-state index is 0.175. The van der Waals surface area contributed by atoms with Crippen molar-refractivity contribution in [1.82, 2.24) is 33.6 Å². The molecule has 0 bridgehead atoms. The van der Waals surface area contributed by atoms with Crippen LogP contribution in [0.4, 0.5) is 11.8 Å². The minimum Gasteiger partial charge on any atom is -0.338 e. The molecule has 1 fully saturated rings. The molecular weight excluding hydrogens is 462 g/mol. The van der Waals surface area contributed by atoms with E-state index in [1.54, 1.807) is 31.5 Å². The molecular formula is C24H27N9O3. The molecule has 2 atom stereocenters. The number of nitrogens with zero attached hydrogens (tertiary/aromatic N) is 8. The van der Waals surface area contributed by atoms with Crippen LogP contribution in [0, 0.1) is 0 Å². The van der Waals surface area contributed by atoms with Gasteiger partial charge in [-0.05, 0) is 38.8 Å². The van der Waals surface area contributed by atoms with Crippen LogP contribution >= 0.6 is 0 Å². The number of amides is 1. The van der Waals surface area contributed by atoms with Crippen molar-refractivity contribution in [3.05, 3.63) is 57.8 Å². The van der Waals surface area contributed by atoms with Gasteiger partial charge in [0, 0.05) is 44.6 Å². The number of imidazole rings is 1. The van der Waals surface area contributed by atoms with Gasteiger partial charge in [0.05, 0.1) is 12.0 Å². The fourth-order valence-corrected chi connectivity index (χ4v) is 4.51. The van der Waals surface area contributed by atoms with Crippen LogP contribution in [-0.2, 0) is 18.9 Å². The predicted molar refractivity (Wildman–Crippen MR) is 135 cm³/mol. The van der Waals surface area contributed by atoms with Gasteiger partial charge in [-0.1, -0.05) is 6.07 Å². The highest BCUT2D eigenvalue weighted by molar-refractivity contribution is 5.93. The smallest absolute Gasteiger partial charge is 0.332 e. The van der Waals surface area contributed by atoms with Crippen molar-refractivity contribution in [2.24, 2.45) is 14.1 Å². The van der Waals surface area contributed by atoms with Crippen molar-refractivity contribution in [1.29, 1.82) is 0 Å². The van der Waals surface area contributed by atoms with Crippen LogP contribution in [0.15, 0.2) is 46.5 Å². The molecule has 12 heteroatoms. The highest BCUT2D eigenvalue weighted by Gasteiger charge is 2.24. The number of hydrogen-bond acceptors (Lipinski definition) is 8. The molecule has 4 aromatic heterocycles. The van der Waals surface area contributed by atoms with Gasteiger partial charge in [0.15, 0.2) is 11.2 Å². The van der Waals surface area contributed by atoms with E-state index in [1.165, 1.54) is 29.6 Å². The largest absolute Gasteiger partial charge is 0.338 e. The van der Waals surface area contributed by atoms with Gasteiger partial charge >= 0.3 is 5.69 Å². The zero-order valence-electron chi connectivity index (χ0n) is 20.5. The number of hydrogen-bond donors (Lipinski definition) is 1. The number of rotatable bonds is 5. The van der Waals surface area contributed by atoms with Crippen molar-refractivity contribution in [3.63, 3.8) is 0 Å². The molecule has 4 aromatic rings. The average Bonchev–Trinajstić information content (AvgIpc) is 3.52. The molecule has 5 heterocycles. The number of pyridine rings is 1. The number of aromatic nitrogens is 7. The summed E-state index contributed by atoms with van der Waals surface area (Å²) in [5.74, 6) is 0.675. The summed E-state index contributed by atoms with van der Waals surface area (Å²) >= 11 is 0. The zero-order valence-corrected chi connectivity index (χ0v) is 20.5. The predicted octanol–water partition coefficient (Wildman–Crippen LogP) is 1.47. The highest BCUT2D eigenvalue weighted by atomic mass is 16.2. The Morgan fingerprint density at radius 2 is 1.86 bits per heavy atom. The third-order valence-electron chi connectivity index (χ3n) is 6.71. The Balaban J connectivity index is 1.37. The van der Waals surface area contributed by atoms with Crippen molar-refractivity contribution < 1.29 is 4.79 Å². The van der Waals surface area contributed by atoms with Gasteiger partial charge in [0.2, 0.25) is 11.9 Å². The summed E-state index contributed by atoms with van der Waals surface area (Å²) in [6.45, 7) is 4.77. The Kier molecular flexibility index (Phi) is 5.86. The fourth-order valence-electron chi connectivity index (χ4n) is 4.51. The Hall–Kier alpha value is -4.35. The van der Waals surface area contributed by atoms with E-state index < -0.39 is 17.3 Å². The lowest BCUT2D eigenvalue weighted by molar-refractivity contribution is -0.118. The number of aryl methyl sites for hydroxylation is 1. The van der Waals surface area contributed by atoms with Crippen molar-refractivity contribution >= 4 is 28.8 Å². The topological polar surface area (TPSA) is 133 Å². The Bertz CT molecular complexity index is 1570. The molecule has 0 aromatic carbocycles. The molecule has 1 aliphatic rings. The first-order chi connectivity index (χ1) is 17.3. The Labute approximate surface area is 206 Å². The minimum atomic E-state index is -0.782. The first-order valence-electron chi connectivity index (χ1n) is 11.8. The van der Waals surface area contributed by atoms with E-state index in [2.05, 4.69) is 37.1 Å². The summed E-state index contributed by atoms with van der Waals surface area (Å²) in [4.78, 5) is 57.9. The van der Waals surface area contributed by atoms with Crippen LogP contribution in [0.1, 0.15) is 32.7 Å². The highest BCUT2D eigenvalue weighted by Crippen LogP contribution is 2.24. The number of carbonyl (C=O) groups excluding carboxylic acids is 1. The second-order valence-corrected chi connectivity index (χ2v) is 9.06. The van der Waals surface area contributed by atoms with Crippen LogP contribution in [0.5, 0.6) is 0 Å². The normalized spacial score (nSPS) is 16.4. The number of anilines is 2. The van der Waals surface area contributed by atoms with Gasteiger partial charge in [-0.2, -0.15) is 0 Å². The van der Waals surface area contributed by atoms with Crippen molar-refractivity contribution in [2.75, 3.05) is 16.8 Å². The third kappa shape index (κ3) is 3.93. The van der Waals surface area contributed by atoms with Crippen LogP contribution in [0.2, 0.25) is 0 Å². The number of carbonyl (C=O) groups is 1. The van der Waals surface area contributed by atoms with Gasteiger partial charge in [-0.25, -0.2) is 24.7 Å². The maximum absolute atomic E-state index is 13.1. The summed E-state index contributed by atoms with van der Waals surface area (Å²) in [6.07, 6.45) is 7.13. The van der Waals surface area contributed by atoms with E-state index in [-0.39, 0.29) is 17.1 Å². The quantitative estimate of drug-likeness (QED) is 0.446. The molecule has 12 nitrogen and oxygen atoms in total. The molecule has 5 rings (SSSR count). The lowest BCUT2D eigenvalue weighted by Crippen LogP contribution is -2.38. The van der Waals surface area contributed by atoms with E-state index >= 15 is 0 Å². The van der Waals surface area contributed by atoms with Crippen molar-refractivity contribution in [2.45, 2.75) is 38.8 Å². The number of nitrogens with one attached hydrogen (secondary N) is 1. The molecule has 0 aliphatic carbocycles. The molecule has 1 amide bonds. The maximum atomic E-state index is 13.1. The Morgan fingerprint density at radius 3 is 2.56 bits per heavy atom. The Morgan fingerprint density at radius 1 is 1.11 bits per heavy atom. The summed E-state index contributed by atoms with van der Waals surface area (Å²) in [5.41, 5.74) is 0.751. The van der Waals surface area contributed by atoms with E-state index in [9.17, 15) is 14.4 Å². The van der Waals surface area contributed by atoms with E-state index in [1.807, 2.05) is 6.07 Å². The third-order valence-corrected chi connectivity index (χ3v) is 6.71. The second-order valence-electron chi connectivity index (χ2n) is 9.06. The van der Waals surface area contributed by atoms with Gasteiger partial charge in [0.1, 0.15) is 11.9 Å². The molecule has 0 radical (unpaired) electrons. The lowest BCUT2D eigenvalue weighted by Gasteiger charge is -2.21. The molecule has 2 unspecified atom stereocenters. The van der Waals surface area contributed by atoms with E-state index in [0.29, 0.717) is 23.5 Å². The van der Waals surface area contributed by atoms with Crippen LogP contribution in [-0.4, -0.2) is 52.1 Å². The molecule has 36 heavy (non-hydrogen) atoms. The van der Waals surface area contributed by atoms with E-state index in [4.69, 9.17) is 0 Å². The first kappa shape index (κ1) is 23.4. The second kappa shape index (κ2) is 9.02. The summed E-state index contributed by atoms with van der Waals surface area (Å²) in [7, 11) is 2.92. The zero-order chi connectivity index (χ0) is 25.6.